The Balaban J connectivity index is 0.00000240. The van der Waals surface area contributed by atoms with Crippen LogP contribution in [0.15, 0.2) is 84.9 Å². The summed E-state index contributed by atoms with van der Waals surface area (Å²) in [6.07, 6.45) is 2.23. The topological polar surface area (TPSA) is 12.5 Å². The lowest BCUT2D eigenvalue weighted by Gasteiger charge is -2.40. The van der Waals surface area contributed by atoms with Crippen LogP contribution in [0.1, 0.15) is 35.1 Å². The first kappa shape index (κ1) is 21.6. The normalized spacial score (nSPS) is 18.1. The molecule has 152 valence electrons. The van der Waals surface area contributed by atoms with Crippen molar-refractivity contribution in [2.24, 2.45) is 0 Å². The van der Waals surface area contributed by atoms with Crippen LogP contribution < -0.4 is 0 Å². The Morgan fingerprint density at radius 3 is 2.28 bits per heavy atom. The molecule has 1 atom stereocenters. The second kappa shape index (κ2) is 10.1. The summed E-state index contributed by atoms with van der Waals surface area (Å²) >= 11 is 0. The van der Waals surface area contributed by atoms with E-state index in [1.54, 1.807) is 0 Å². The van der Waals surface area contributed by atoms with Crippen LogP contribution in [0.25, 0.3) is 0 Å². The Hall–Kier alpha value is -2.13. The first-order chi connectivity index (χ1) is 13.8. The summed E-state index contributed by atoms with van der Waals surface area (Å²) in [5, 5.41) is 0. The fraction of sp³-hybridized carbons (Fsp3) is 0.308. The molecule has 0 aliphatic carbocycles. The molecule has 0 radical (unpaired) electrons. The van der Waals surface area contributed by atoms with Crippen LogP contribution in [0.2, 0.25) is 0 Å². The van der Waals surface area contributed by atoms with Crippen molar-refractivity contribution < 1.29 is 4.74 Å². The van der Waals surface area contributed by atoms with Gasteiger partial charge in [-0.1, -0.05) is 84.9 Å². The minimum absolute atomic E-state index is 0. The second-order valence-corrected chi connectivity index (χ2v) is 7.93. The van der Waals surface area contributed by atoms with Crippen LogP contribution in [0, 0.1) is 0 Å². The number of nitrogens with zero attached hydrogens (tertiary/aromatic N) is 1. The summed E-state index contributed by atoms with van der Waals surface area (Å²) < 4.78 is 6.11. The van der Waals surface area contributed by atoms with Gasteiger partial charge in [-0.15, -0.1) is 12.4 Å². The zero-order chi connectivity index (χ0) is 19.2. The van der Waals surface area contributed by atoms with Crippen LogP contribution in [-0.2, 0) is 23.3 Å². The molecule has 0 saturated carbocycles. The van der Waals surface area contributed by atoms with Crippen molar-refractivity contribution >= 4 is 12.4 Å². The van der Waals surface area contributed by atoms with Crippen molar-refractivity contribution in [1.29, 1.82) is 0 Å². The SMILES string of the molecule is CN(CCCC1(c2ccccc2)COCc2ccccc21)Cc1ccccc1.Cl. The predicted octanol–water partition coefficient (Wildman–Crippen LogP) is 5.84. The maximum absolute atomic E-state index is 6.11. The first-order valence-electron chi connectivity index (χ1n) is 10.2. The Bertz CT molecular complexity index is 883. The van der Waals surface area contributed by atoms with Crippen molar-refractivity contribution in [3.8, 4) is 0 Å². The molecular weight excluding hydrogens is 378 g/mol. The quantitative estimate of drug-likeness (QED) is 0.488. The lowest BCUT2D eigenvalue weighted by atomic mass is 9.69. The molecule has 0 aromatic heterocycles. The van der Waals surface area contributed by atoms with E-state index in [1.165, 1.54) is 22.3 Å². The molecule has 29 heavy (non-hydrogen) atoms. The molecule has 2 nitrogen and oxygen atoms in total. The van der Waals surface area contributed by atoms with E-state index in [0.29, 0.717) is 0 Å². The number of ether oxygens (including phenoxy) is 1. The molecule has 0 fully saturated rings. The molecule has 0 spiro atoms. The highest BCUT2D eigenvalue weighted by atomic mass is 35.5. The van der Waals surface area contributed by atoms with Crippen LogP contribution in [0.4, 0.5) is 0 Å². The summed E-state index contributed by atoms with van der Waals surface area (Å²) in [5.74, 6) is 0. The van der Waals surface area contributed by atoms with Crippen molar-refractivity contribution in [2.45, 2.75) is 31.4 Å². The van der Waals surface area contributed by atoms with Gasteiger partial charge >= 0.3 is 0 Å². The van der Waals surface area contributed by atoms with Gasteiger partial charge in [0.25, 0.3) is 0 Å². The molecule has 1 unspecified atom stereocenters. The molecule has 1 heterocycles. The molecular formula is C26H30ClNO. The summed E-state index contributed by atoms with van der Waals surface area (Å²) in [4.78, 5) is 2.42. The van der Waals surface area contributed by atoms with Gasteiger partial charge in [-0.25, -0.2) is 0 Å². The van der Waals surface area contributed by atoms with Crippen molar-refractivity contribution in [3.63, 3.8) is 0 Å². The average Bonchev–Trinajstić information content (AvgIpc) is 2.75. The lowest BCUT2D eigenvalue weighted by Crippen LogP contribution is -2.38. The van der Waals surface area contributed by atoms with Gasteiger partial charge in [0.2, 0.25) is 0 Å². The maximum Gasteiger partial charge on any atom is 0.0720 e. The highest BCUT2D eigenvalue weighted by molar-refractivity contribution is 5.85. The molecule has 3 aromatic rings. The number of hydrogen-bond donors (Lipinski definition) is 0. The minimum atomic E-state index is -0.0519. The van der Waals surface area contributed by atoms with Gasteiger partial charge in [-0.05, 0) is 48.7 Å². The van der Waals surface area contributed by atoms with E-state index < -0.39 is 0 Å². The third kappa shape index (κ3) is 4.90. The third-order valence-electron chi connectivity index (χ3n) is 5.90. The minimum Gasteiger partial charge on any atom is -0.375 e. The summed E-state index contributed by atoms with van der Waals surface area (Å²) in [7, 11) is 2.22. The molecule has 4 rings (SSSR count). The van der Waals surface area contributed by atoms with Gasteiger partial charge in [0.05, 0.1) is 13.2 Å². The zero-order valence-corrected chi connectivity index (χ0v) is 17.9. The van der Waals surface area contributed by atoms with Gasteiger partial charge in [0.15, 0.2) is 0 Å². The van der Waals surface area contributed by atoms with Gasteiger partial charge < -0.3 is 9.64 Å². The van der Waals surface area contributed by atoms with Crippen LogP contribution in [0.3, 0.4) is 0 Å². The summed E-state index contributed by atoms with van der Waals surface area (Å²) in [6, 6.07) is 30.4. The number of halogens is 1. The highest BCUT2D eigenvalue weighted by Crippen LogP contribution is 2.42. The highest BCUT2D eigenvalue weighted by Gasteiger charge is 2.38. The first-order valence-corrected chi connectivity index (χ1v) is 10.2. The number of benzene rings is 3. The fourth-order valence-electron chi connectivity index (χ4n) is 4.50. The van der Waals surface area contributed by atoms with Gasteiger partial charge in [-0.2, -0.15) is 0 Å². The Labute approximate surface area is 180 Å². The zero-order valence-electron chi connectivity index (χ0n) is 17.1. The smallest absolute Gasteiger partial charge is 0.0720 e. The van der Waals surface area contributed by atoms with E-state index in [9.17, 15) is 0 Å². The van der Waals surface area contributed by atoms with Crippen molar-refractivity contribution in [1.82, 2.24) is 4.90 Å². The molecule has 0 bridgehead atoms. The van der Waals surface area contributed by atoms with Gasteiger partial charge in [0.1, 0.15) is 0 Å². The van der Waals surface area contributed by atoms with E-state index in [0.717, 1.165) is 39.1 Å². The van der Waals surface area contributed by atoms with Gasteiger partial charge in [-0.3, -0.25) is 0 Å². The maximum atomic E-state index is 6.11. The predicted molar refractivity (Wildman–Crippen MR) is 123 cm³/mol. The largest absolute Gasteiger partial charge is 0.375 e. The summed E-state index contributed by atoms with van der Waals surface area (Å²) in [5.41, 5.74) is 5.46. The lowest BCUT2D eigenvalue weighted by molar-refractivity contribution is 0.0603. The summed E-state index contributed by atoms with van der Waals surface area (Å²) in [6.45, 7) is 3.55. The van der Waals surface area contributed by atoms with E-state index in [2.05, 4.69) is 96.9 Å². The van der Waals surface area contributed by atoms with Crippen molar-refractivity contribution in [3.05, 3.63) is 107 Å². The third-order valence-corrected chi connectivity index (χ3v) is 5.90. The van der Waals surface area contributed by atoms with E-state index in [4.69, 9.17) is 4.74 Å². The number of rotatable bonds is 7. The monoisotopic (exact) mass is 407 g/mol. The fourth-order valence-corrected chi connectivity index (χ4v) is 4.50. The Morgan fingerprint density at radius 1 is 0.862 bits per heavy atom. The average molecular weight is 408 g/mol. The van der Waals surface area contributed by atoms with Crippen molar-refractivity contribution in [2.75, 3.05) is 20.2 Å². The molecule has 0 amide bonds. The molecule has 0 N–H and O–H groups in total. The molecule has 0 saturated heterocycles. The molecule has 3 heteroatoms. The standard InChI is InChI=1S/C26H29NO.ClH/c1-27(19-22-11-4-2-5-12-22)18-10-17-26(24-14-6-3-7-15-24)21-28-20-23-13-8-9-16-25(23)26;/h2-9,11-16H,10,17-21H2,1H3;1H. The van der Waals surface area contributed by atoms with E-state index in [-0.39, 0.29) is 17.8 Å². The Kier molecular flexibility index (Phi) is 7.49. The molecule has 1 aliphatic rings. The van der Waals surface area contributed by atoms with Crippen LogP contribution in [-0.4, -0.2) is 25.1 Å². The van der Waals surface area contributed by atoms with Gasteiger partial charge in [0, 0.05) is 12.0 Å². The molecule has 1 aliphatic heterocycles. The van der Waals surface area contributed by atoms with Crippen LogP contribution >= 0.6 is 12.4 Å². The van der Waals surface area contributed by atoms with Crippen LogP contribution in [0.5, 0.6) is 0 Å². The second-order valence-electron chi connectivity index (χ2n) is 7.93. The van der Waals surface area contributed by atoms with E-state index in [1.807, 2.05) is 0 Å². The Morgan fingerprint density at radius 2 is 1.52 bits per heavy atom. The number of fused-ring (bicyclic) bond motifs is 1. The van der Waals surface area contributed by atoms with E-state index >= 15 is 0 Å². The molecule has 3 aromatic carbocycles. The number of hydrogen-bond acceptors (Lipinski definition) is 2.